The van der Waals surface area contributed by atoms with Crippen LogP contribution in [0.1, 0.15) is 28.8 Å². The fourth-order valence-corrected chi connectivity index (χ4v) is 6.34. The van der Waals surface area contributed by atoms with E-state index in [-0.39, 0.29) is 10.8 Å². The molecule has 9 nitrogen and oxygen atoms in total. The van der Waals surface area contributed by atoms with Crippen LogP contribution in [-0.2, 0) is 6.54 Å². The average molecular weight is 558 g/mol. The maximum absolute atomic E-state index is 12.7. The minimum absolute atomic E-state index is 0.194. The summed E-state index contributed by atoms with van der Waals surface area (Å²) in [6.07, 6.45) is 2.24. The lowest BCUT2D eigenvalue weighted by Crippen LogP contribution is -2.64. The number of aromatic nitrogens is 1. The maximum atomic E-state index is 12.7. The third-order valence-corrected chi connectivity index (χ3v) is 7.94. The van der Waals surface area contributed by atoms with Crippen LogP contribution in [0.2, 0.25) is 15.2 Å². The number of fused-ring (bicyclic) bond motifs is 1. The lowest BCUT2D eigenvalue weighted by atomic mass is 9.62. The van der Waals surface area contributed by atoms with E-state index in [1.807, 2.05) is 15.9 Å². The number of rotatable bonds is 5. The van der Waals surface area contributed by atoms with E-state index in [4.69, 9.17) is 39.2 Å². The standard InChI is InChI=1S/C25H19Cl3N6O3/c26-16-4-5-17(18(27)10-16)23-25(13-29,14-30)21(19-2-1-9-37-19)22(34(35)36)24-32(7-8-33(23)24)12-15-3-6-20(28)31-11-15/h1-6,9-11,21-24H,7-8,12H2. The SMILES string of the molecule is N#CC1(C#N)C(c2ccco2)C([N+](=O)[O-])C2N(Cc3ccc(Cl)nc3)CCN2C1c1ccc(Cl)cc1Cl. The molecule has 2 saturated heterocycles. The van der Waals surface area contributed by atoms with Gasteiger partial charge in [-0.1, -0.05) is 46.9 Å². The number of nitro groups is 1. The minimum Gasteiger partial charge on any atom is -0.469 e. The lowest BCUT2D eigenvalue weighted by Gasteiger charge is -2.50. The summed E-state index contributed by atoms with van der Waals surface area (Å²) in [6.45, 7) is 1.18. The Balaban J connectivity index is 1.71. The second-order valence-corrected chi connectivity index (χ2v) is 10.3. The van der Waals surface area contributed by atoms with Gasteiger partial charge in [-0.25, -0.2) is 4.98 Å². The molecule has 2 aliphatic rings. The third-order valence-electron chi connectivity index (χ3n) is 7.15. The first-order valence-electron chi connectivity index (χ1n) is 11.4. The number of piperidine rings is 1. The average Bonchev–Trinajstić information content (AvgIpc) is 3.55. The van der Waals surface area contributed by atoms with Crippen LogP contribution in [0.4, 0.5) is 0 Å². The van der Waals surface area contributed by atoms with Crippen LogP contribution in [0, 0.1) is 38.2 Å². The van der Waals surface area contributed by atoms with E-state index in [1.165, 1.54) is 6.26 Å². The summed E-state index contributed by atoms with van der Waals surface area (Å²) in [7, 11) is 0. The number of pyridine rings is 1. The molecule has 2 aromatic heterocycles. The molecule has 37 heavy (non-hydrogen) atoms. The molecule has 2 aliphatic heterocycles. The third kappa shape index (κ3) is 4.23. The lowest BCUT2D eigenvalue weighted by molar-refractivity contribution is -0.547. The minimum atomic E-state index is -1.89. The van der Waals surface area contributed by atoms with E-state index in [9.17, 15) is 20.6 Å². The van der Waals surface area contributed by atoms with Gasteiger partial charge in [0.15, 0.2) is 5.41 Å². The van der Waals surface area contributed by atoms with Crippen molar-refractivity contribution in [1.29, 1.82) is 10.5 Å². The van der Waals surface area contributed by atoms with Crippen molar-refractivity contribution in [1.82, 2.24) is 14.8 Å². The summed E-state index contributed by atoms with van der Waals surface area (Å²) in [6, 6.07) is 13.6. The second kappa shape index (κ2) is 9.94. The number of halogens is 3. The zero-order chi connectivity index (χ0) is 26.3. The summed E-state index contributed by atoms with van der Waals surface area (Å²) in [5, 5.41) is 34.9. The molecule has 0 amide bonds. The van der Waals surface area contributed by atoms with Crippen molar-refractivity contribution in [3.63, 3.8) is 0 Å². The Morgan fingerprint density at radius 3 is 2.54 bits per heavy atom. The fraction of sp³-hybridized carbons (Fsp3) is 0.320. The van der Waals surface area contributed by atoms with Crippen molar-refractivity contribution < 1.29 is 9.34 Å². The van der Waals surface area contributed by atoms with Gasteiger partial charge < -0.3 is 4.42 Å². The molecule has 4 heterocycles. The topological polar surface area (TPSA) is 123 Å². The number of nitrogens with zero attached hydrogens (tertiary/aromatic N) is 6. The van der Waals surface area contributed by atoms with Crippen LogP contribution in [0.15, 0.2) is 59.3 Å². The summed E-state index contributed by atoms with van der Waals surface area (Å²) in [4.78, 5) is 20.3. The number of nitriles is 2. The van der Waals surface area contributed by atoms with Crippen LogP contribution >= 0.6 is 34.8 Å². The van der Waals surface area contributed by atoms with Gasteiger partial charge in [0.1, 0.15) is 23.0 Å². The highest BCUT2D eigenvalue weighted by Crippen LogP contribution is 2.58. The zero-order valence-electron chi connectivity index (χ0n) is 19.2. The van der Waals surface area contributed by atoms with Crippen molar-refractivity contribution in [2.45, 2.75) is 30.7 Å². The summed E-state index contributed by atoms with van der Waals surface area (Å²) < 4.78 is 5.64. The van der Waals surface area contributed by atoms with Crippen LogP contribution in [0.5, 0.6) is 0 Å². The Kier molecular flexibility index (Phi) is 6.84. The highest BCUT2D eigenvalue weighted by Gasteiger charge is 2.68. The largest absolute Gasteiger partial charge is 0.469 e. The van der Waals surface area contributed by atoms with Gasteiger partial charge in [-0.3, -0.25) is 19.9 Å². The highest BCUT2D eigenvalue weighted by atomic mass is 35.5. The first-order valence-corrected chi connectivity index (χ1v) is 12.5. The summed E-state index contributed by atoms with van der Waals surface area (Å²) in [5.41, 5.74) is -0.574. The Bertz CT molecular complexity index is 1390. The molecule has 12 heteroatoms. The van der Waals surface area contributed by atoms with Crippen LogP contribution < -0.4 is 0 Å². The predicted molar refractivity (Wildman–Crippen MR) is 135 cm³/mol. The van der Waals surface area contributed by atoms with Gasteiger partial charge in [-0.15, -0.1) is 0 Å². The molecule has 3 aromatic rings. The molecular formula is C25H19Cl3N6O3. The molecule has 0 bridgehead atoms. The van der Waals surface area contributed by atoms with Crippen molar-refractivity contribution in [3.8, 4) is 12.1 Å². The van der Waals surface area contributed by atoms with Crippen LogP contribution in [-0.4, -0.2) is 45.0 Å². The van der Waals surface area contributed by atoms with Crippen molar-refractivity contribution in [3.05, 3.63) is 97.1 Å². The van der Waals surface area contributed by atoms with Gasteiger partial charge in [0.25, 0.3) is 6.04 Å². The van der Waals surface area contributed by atoms with Crippen molar-refractivity contribution >= 4 is 34.8 Å². The van der Waals surface area contributed by atoms with Crippen LogP contribution in [0.25, 0.3) is 0 Å². The van der Waals surface area contributed by atoms with Crippen molar-refractivity contribution in [2.75, 3.05) is 13.1 Å². The molecule has 2 fully saturated rings. The second-order valence-electron chi connectivity index (χ2n) is 9.04. The molecule has 4 unspecified atom stereocenters. The van der Waals surface area contributed by atoms with E-state index in [0.29, 0.717) is 35.4 Å². The Morgan fingerprint density at radius 2 is 1.95 bits per heavy atom. The molecule has 1 aromatic carbocycles. The first kappa shape index (κ1) is 25.5. The Hall–Kier alpha value is -3.18. The summed E-state index contributed by atoms with van der Waals surface area (Å²) >= 11 is 18.7. The van der Waals surface area contributed by atoms with Gasteiger partial charge in [0, 0.05) is 40.8 Å². The van der Waals surface area contributed by atoms with Gasteiger partial charge in [-0.05, 0) is 41.5 Å². The van der Waals surface area contributed by atoms with Gasteiger partial charge in [0.2, 0.25) is 0 Å². The monoisotopic (exact) mass is 556 g/mol. The number of benzene rings is 1. The zero-order valence-corrected chi connectivity index (χ0v) is 21.4. The quantitative estimate of drug-likeness (QED) is 0.235. The molecule has 0 radical (unpaired) electrons. The molecular weight excluding hydrogens is 539 g/mol. The normalized spacial score (nSPS) is 25.2. The number of furan rings is 1. The van der Waals surface area contributed by atoms with E-state index in [0.717, 1.165) is 5.56 Å². The molecule has 5 rings (SSSR count). The smallest absolute Gasteiger partial charge is 0.254 e. The molecule has 0 saturated carbocycles. The molecule has 188 valence electrons. The van der Waals surface area contributed by atoms with E-state index < -0.39 is 34.5 Å². The molecule has 4 atom stereocenters. The van der Waals surface area contributed by atoms with Gasteiger partial charge >= 0.3 is 0 Å². The van der Waals surface area contributed by atoms with E-state index >= 15 is 0 Å². The Labute approximate surface area is 227 Å². The van der Waals surface area contributed by atoms with Gasteiger partial charge in [0.05, 0.1) is 24.4 Å². The summed E-state index contributed by atoms with van der Waals surface area (Å²) in [5.74, 6) is -0.992. The van der Waals surface area contributed by atoms with Crippen LogP contribution in [0.3, 0.4) is 0 Å². The van der Waals surface area contributed by atoms with Crippen molar-refractivity contribution in [2.24, 2.45) is 5.41 Å². The van der Waals surface area contributed by atoms with E-state index in [2.05, 4.69) is 17.1 Å². The number of hydrogen-bond acceptors (Lipinski definition) is 8. The maximum Gasteiger partial charge on any atom is 0.254 e. The molecule has 0 spiro atoms. The molecule has 0 N–H and O–H groups in total. The first-order chi connectivity index (χ1) is 17.8. The van der Waals surface area contributed by atoms with Gasteiger partial charge in [-0.2, -0.15) is 10.5 Å². The van der Waals surface area contributed by atoms with E-state index in [1.54, 1.807) is 42.6 Å². The fourth-order valence-electron chi connectivity index (χ4n) is 5.72. The predicted octanol–water partition coefficient (Wildman–Crippen LogP) is 5.30. The Morgan fingerprint density at radius 1 is 1.16 bits per heavy atom. The highest BCUT2D eigenvalue weighted by molar-refractivity contribution is 6.35. The number of hydrogen-bond donors (Lipinski definition) is 0. The molecule has 0 aliphatic carbocycles.